The summed E-state index contributed by atoms with van der Waals surface area (Å²) in [7, 11) is 0. The lowest BCUT2D eigenvalue weighted by Gasteiger charge is -2.37. The van der Waals surface area contributed by atoms with Crippen molar-refractivity contribution in [3.8, 4) is 0 Å². The van der Waals surface area contributed by atoms with Crippen molar-refractivity contribution in [3.05, 3.63) is 40.6 Å². The number of rotatable bonds is 2. The third-order valence-corrected chi connectivity index (χ3v) is 5.20. The normalized spacial score (nSPS) is 27.0. The number of nitrogens with zero attached hydrogens (tertiary/aromatic N) is 2. The fraction of sp³-hybridized carbons (Fsp3) is 0.526. The third kappa shape index (κ3) is 3.23. The molecule has 1 amide bonds. The first-order chi connectivity index (χ1) is 12.5. The molecular weight excluding hydrogens is 330 g/mol. The van der Waals surface area contributed by atoms with E-state index in [0.717, 1.165) is 31.8 Å². The Hall–Kier alpha value is -1.93. The Morgan fingerprint density at radius 1 is 1.12 bits per heavy atom. The van der Waals surface area contributed by atoms with Crippen molar-refractivity contribution >= 4 is 11.6 Å². The zero-order valence-corrected chi connectivity index (χ0v) is 15.6. The monoisotopic (exact) mass is 357 g/mol. The van der Waals surface area contributed by atoms with Crippen molar-refractivity contribution in [2.75, 3.05) is 31.3 Å². The quantitative estimate of drug-likeness (QED) is 0.730. The Morgan fingerprint density at radius 3 is 2.65 bits per heavy atom. The van der Waals surface area contributed by atoms with E-state index >= 15 is 0 Å². The minimum absolute atomic E-state index is 0.0265. The van der Waals surface area contributed by atoms with E-state index in [-0.39, 0.29) is 18.4 Å². The summed E-state index contributed by atoms with van der Waals surface area (Å²) in [5.41, 5.74) is 8.87. The average Bonchev–Trinajstić information content (AvgIpc) is 2.81. The van der Waals surface area contributed by atoms with Crippen LogP contribution in [0.2, 0.25) is 0 Å². The Morgan fingerprint density at radius 2 is 1.88 bits per heavy atom. The van der Waals surface area contributed by atoms with Crippen LogP contribution >= 0.6 is 0 Å². The van der Waals surface area contributed by atoms with Crippen LogP contribution in [0.1, 0.15) is 23.1 Å². The van der Waals surface area contributed by atoms with Crippen LogP contribution in [0.4, 0.5) is 5.69 Å². The van der Waals surface area contributed by atoms with Gasteiger partial charge in [-0.05, 0) is 38.3 Å². The molecule has 3 N–H and O–H groups in total. The van der Waals surface area contributed by atoms with Crippen LogP contribution < -0.4 is 21.1 Å². The maximum Gasteiger partial charge on any atom is 0.254 e. The predicted octanol–water partition coefficient (Wildman–Crippen LogP) is 0.872. The highest BCUT2D eigenvalue weighted by molar-refractivity contribution is 5.96. The zero-order valence-electron chi connectivity index (χ0n) is 15.6. The van der Waals surface area contributed by atoms with Gasteiger partial charge >= 0.3 is 0 Å². The second kappa shape index (κ2) is 7.00. The first kappa shape index (κ1) is 17.5. The van der Waals surface area contributed by atoms with E-state index in [2.05, 4.69) is 53.9 Å². The molecule has 3 aliphatic heterocycles. The van der Waals surface area contributed by atoms with Crippen molar-refractivity contribution in [1.29, 1.82) is 0 Å². The average molecular weight is 357 g/mol. The maximum atomic E-state index is 12.7. The van der Waals surface area contributed by atoms with Gasteiger partial charge in [-0.3, -0.25) is 20.0 Å². The van der Waals surface area contributed by atoms with Crippen LogP contribution in [0.3, 0.4) is 0 Å². The number of hydrogen-bond donors (Lipinski definition) is 3. The lowest BCUT2D eigenvalue weighted by atomic mass is 10.0. The van der Waals surface area contributed by atoms with E-state index < -0.39 is 0 Å². The van der Waals surface area contributed by atoms with Crippen molar-refractivity contribution in [1.82, 2.24) is 21.0 Å². The maximum absolute atomic E-state index is 12.7. The molecule has 7 nitrogen and oxygen atoms in total. The van der Waals surface area contributed by atoms with Crippen LogP contribution in [-0.2, 0) is 9.53 Å². The zero-order chi connectivity index (χ0) is 18.3. The molecule has 2 atom stereocenters. The molecule has 0 spiro atoms. The Balaban J connectivity index is 1.54. The van der Waals surface area contributed by atoms with Gasteiger partial charge in [-0.1, -0.05) is 17.7 Å². The number of carbonyl (C=O) groups is 1. The topological polar surface area (TPSA) is 68.9 Å². The minimum Gasteiger partial charge on any atom is -0.380 e. The Kier molecular flexibility index (Phi) is 4.71. The first-order valence-corrected chi connectivity index (χ1v) is 9.26. The Bertz CT molecular complexity index is 716. The molecule has 0 aromatic heterocycles. The van der Waals surface area contributed by atoms with Crippen molar-refractivity contribution in [3.63, 3.8) is 0 Å². The summed E-state index contributed by atoms with van der Waals surface area (Å²) in [6, 6.07) is 4.33. The summed E-state index contributed by atoms with van der Waals surface area (Å²) >= 11 is 0. The van der Waals surface area contributed by atoms with E-state index in [0.29, 0.717) is 12.2 Å². The smallest absolute Gasteiger partial charge is 0.254 e. The van der Waals surface area contributed by atoms with Gasteiger partial charge in [0.05, 0.1) is 17.9 Å². The molecule has 4 rings (SSSR count). The number of carbonyl (C=O) groups excluding carboxylic acids is 1. The summed E-state index contributed by atoms with van der Waals surface area (Å²) in [5.74, 6) is -0.0265. The molecule has 2 saturated heterocycles. The molecule has 2 fully saturated rings. The molecule has 3 heterocycles. The molecule has 0 bridgehead atoms. The standard InChI is InChI=1S/C19H27N5O2/c1-12-9-13(2)16(14(3)10-12)24-11-15-17(22-24)20-19(21-18(15)25)23-5-4-7-26-8-6-23/h9-11,17,19-20,22H,4-8H2,1-3H3,(H,21,25). The van der Waals surface area contributed by atoms with Crippen molar-refractivity contribution in [2.45, 2.75) is 39.6 Å². The van der Waals surface area contributed by atoms with E-state index in [9.17, 15) is 4.79 Å². The van der Waals surface area contributed by atoms with Gasteiger partial charge in [0.1, 0.15) is 12.5 Å². The second-order valence-corrected chi connectivity index (χ2v) is 7.31. The summed E-state index contributed by atoms with van der Waals surface area (Å²) in [6.45, 7) is 9.50. The van der Waals surface area contributed by atoms with E-state index in [4.69, 9.17) is 4.74 Å². The Labute approximate surface area is 154 Å². The summed E-state index contributed by atoms with van der Waals surface area (Å²) < 4.78 is 5.52. The van der Waals surface area contributed by atoms with Crippen molar-refractivity contribution in [2.24, 2.45) is 0 Å². The van der Waals surface area contributed by atoms with Gasteiger partial charge in [0.15, 0.2) is 0 Å². The molecule has 7 heteroatoms. The number of benzene rings is 1. The molecule has 1 aromatic carbocycles. The molecule has 0 aliphatic carbocycles. The van der Waals surface area contributed by atoms with Gasteiger partial charge < -0.3 is 10.1 Å². The molecule has 3 aliphatic rings. The fourth-order valence-corrected chi connectivity index (χ4v) is 4.09. The minimum atomic E-state index is -0.196. The highest BCUT2D eigenvalue weighted by Crippen LogP contribution is 2.29. The molecule has 1 aromatic rings. The molecule has 140 valence electrons. The van der Waals surface area contributed by atoms with Crippen molar-refractivity contribution < 1.29 is 9.53 Å². The molecular formula is C19H27N5O2. The summed E-state index contributed by atoms with van der Waals surface area (Å²) in [5, 5.41) is 8.57. The largest absolute Gasteiger partial charge is 0.380 e. The number of hydrogen-bond acceptors (Lipinski definition) is 6. The number of nitrogens with one attached hydrogen (secondary N) is 3. The molecule has 26 heavy (non-hydrogen) atoms. The number of aryl methyl sites for hydroxylation is 3. The van der Waals surface area contributed by atoms with Gasteiger partial charge in [0.2, 0.25) is 0 Å². The predicted molar refractivity (Wildman–Crippen MR) is 100 cm³/mol. The molecule has 2 unspecified atom stereocenters. The third-order valence-electron chi connectivity index (χ3n) is 5.20. The lowest BCUT2D eigenvalue weighted by molar-refractivity contribution is -0.122. The number of ether oxygens (including phenoxy) is 1. The number of hydrazine groups is 1. The first-order valence-electron chi connectivity index (χ1n) is 9.26. The second-order valence-electron chi connectivity index (χ2n) is 7.31. The molecule has 0 radical (unpaired) electrons. The highest BCUT2D eigenvalue weighted by atomic mass is 16.5. The number of anilines is 1. The van der Waals surface area contributed by atoms with E-state index in [1.165, 1.54) is 16.7 Å². The van der Waals surface area contributed by atoms with Crippen LogP contribution in [0, 0.1) is 20.8 Å². The molecule has 0 saturated carbocycles. The fourth-order valence-electron chi connectivity index (χ4n) is 4.09. The number of amides is 1. The van der Waals surface area contributed by atoms with Crippen LogP contribution in [0.15, 0.2) is 23.9 Å². The summed E-state index contributed by atoms with van der Waals surface area (Å²) in [4.78, 5) is 14.9. The van der Waals surface area contributed by atoms with Crippen LogP contribution in [0.5, 0.6) is 0 Å². The highest BCUT2D eigenvalue weighted by Gasteiger charge is 2.38. The van der Waals surface area contributed by atoms with Gasteiger partial charge in [-0.2, -0.15) is 0 Å². The van der Waals surface area contributed by atoms with Gasteiger partial charge in [0, 0.05) is 25.9 Å². The van der Waals surface area contributed by atoms with E-state index in [1.807, 2.05) is 11.2 Å². The van der Waals surface area contributed by atoms with Crippen LogP contribution in [0.25, 0.3) is 0 Å². The van der Waals surface area contributed by atoms with Gasteiger partial charge in [0.25, 0.3) is 5.91 Å². The van der Waals surface area contributed by atoms with Gasteiger partial charge in [-0.15, -0.1) is 0 Å². The summed E-state index contributed by atoms with van der Waals surface area (Å²) in [6.07, 6.45) is 2.50. The van der Waals surface area contributed by atoms with E-state index in [1.54, 1.807) is 0 Å². The van der Waals surface area contributed by atoms with Gasteiger partial charge in [-0.25, -0.2) is 5.43 Å². The van der Waals surface area contributed by atoms with Crippen LogP contribution in [-0.4, -0.2) is 49.6 Å². The number of fused-ring (bicyclic) bond motifs is 1. The lowest BCUT2D eigenvalue weighted by Crippen LogP contribution is -2.67. The SMILES string of the molecule is Cc1cc(C)c(N2C=C3C(=O)NC(N4CCCOCC4)NC3N2)c(C)c1.